The Morgan fingerprint density at radius 3 is 2.10 bits per heavy atom. The number of carbonyl (C=O) groups is 4. The maximum absolute atomic E-state index is 14.1. The predicted molar refractivity (Wildman–Crippen MR) is 198 cm³/mol. The molecule has 8 atom stereocenters. The largest absolute Gasteiger partial charge is 0.399 e. The molecule has 5 N–H and O–H groups in total. The molecule has 1 saturated heterocycles. The molecule has 7 unspecified atom stereocenters. The van der Waals surface area contributed by atoms with Crippen LogP contribution in [-0.2, 0) is 35.1 Å². The Bertz CT molecular complexity index is 1230. The standard InChI is InChI=1S/C38H66N6O6/c1-12-25(6)34(43(9)38(48)33(24(4)5)42-37(47)32(40-8)23(2)3)30(49-10)22-31(45)44-21-13-14-29(44)35(50-11)26(7)36(46)41-20-19-27-15-17-28(39)18-16-27/h15-18,23-26,29-30,32-35,40H,12-14,19-22,39H2,1-11H3,(H,41,46)(H,42,47)/t25?,26?,29?,30?,32?,33-,34?,35?/m0/s1. The topological polar surface area (TPSA) is 155 Å². The van der Waals surface area contributed by atoms with E-state index in [9.17, 15) is 19.2 Å². The second kappa shape index (κ2) is 20.6. The van der Waals surface area contributed by atoms with Gasteiger partial charge >= 0.3 is 0 Å². The van der Waals surface area contributed by atoms with Gasteiger partial charge in [0.15, 0.2) is 0 Å². The van der Waals surface area contributed by atoms with Crippen molar-refractivity contribution in [3.05, 3.63) is 29.8 Å². The monoisotopic (exact) mass is 703 g/mol. The first-order valence-corrected chi connectivity index (χ1v) is 18.3. The van der Waals surface area contributed by atoms with Crippen LogP contribution in [0.25, 0.3) is 0 Å². The normalized spacial score (nSPS) is 19.0. The van der Waals surface area contributed by atoms with Gasteiger partial charge in [-0.25, -0.2) is 0 Å². The molecule has 284 valence electrons. The van der Waals surface area contributed by atoms with Crippen LogP contribution in [0.15, 0.2) is 24.3 Å². The van der Waals surface area contributed by atoms with Crippen molar-refractivity contribution in [1.82, 2.24) is 25.8 Å². The van der Waals surface area contributed by atoms with E-state index in [-0.39, 0.29) is 53.8 Å². The van der Waals surface area contributed by atoms with Crippen LogP contribution in [-0.4, -0.2) is 111 Å². The van der Waals surface area contributed by atoms with E-state index in [0.717, 1.165) is 24.8 Å². The van der Waals surface area contributed by atoms with Crippen LogP contribution in [0.2, 0.25) is 0 Å². The lowest BCUT2D eigenvalue weighted by Gasteiger charge is -2.41. The van der Waals surface area contributed by atoms with Crippen molar-refractivity contribution in [2.75, 3.05) is 47.1 Å². The number of methoxy groups -OCH3 is 2. The van der Waals surface area contributed by atoms with Crippen molar-refractivity contribution in [3.63, 3.8) is 0 Å². The quantitative estimate of drug-likeness (QED) is 0.151. The summed E-state index contributed by atoms with van der Waals surface area (Å²) in [5.74, 6) is -1.27. The summed E-state index contributed by atoms with van der Waals surface area (Å²) < 4.78 is 11.9. The second-order valence-corrected chi connectivity index (χ2v) is 14.6. The highest BCUT2D eigenvalue weighted by Gasteiger charge is 2.43. The zero-order valence-corrected chi connectivity index (χ0v) is 32.5. The summed E-state index contributed by atoms with van der Waals surface area (Å²) in [6.45, 7) is 14.7. The van der Waals surface area contributed by atoms with Crippen molar-refractivity contribution in [2.24, 2.45) is 23.7 Å². The average Bonchev–Trinajstić information content (AvgIpc) is 3.57. The van der Waals surface area contributed by atoms with Gasteiger partial charge in [-0.3, -0.25) is 19.2 Å². The summed E-state index contributed by atoms with van der Waals surface area (Å²) >= 11 is 0. The van der Waals surface area contributed by atoms with E-state index in [1.807, 2.05) is 70.7 Å². The molecule has 12 heteroatoms. The van der Waals surface area contributed by atoms with Gasteiger partial charge in [-0.1, -0.05) is 67.0 Å². The lowest BCUT2D eigenvalue weighted by molar-refractivity contribution is -0.147. The van der Waals surface area contributed by atoms with Gasteiger partial charge in [0.1, 0.15) is 6.04 Å². The molecule has 0 aliphatic carbocycles. The number of anilines is 1. The van der Waals surface area contributed by atoms with Crippen molar-refractivity contribution in [1.29, 1.82) is 0 Å². The minimum absolute atomic E-state index is 0.00370. The van der Waals surface area contributed by atoms with Crippen LogP contribution in [0.1, 0.15) is 79.7 Å². The van der Waals surface area contributed by atoms with E-state index in [1.54, 1.807) is 33.2 Å². The fourth-order valence-electron chi connectivity index (χ4n) is 7.22. The first kappa shape index (κ1) is 42.9. The fraction of sp³-hybridized carbons (Fsp3) is 0.737. The zero-order chi connectivity index (χ0) is 37.7. The zero-order valence-electron chi connectivity index (χ0n) is 32.5. The number of amides is 4. The third kappa shape index (κ3) is 11.4. The Labute approximate surface area is 300 Å². The number of nitrogens with one attached hydrogen (secondary N) is 3. The number of nitrogens with zero attached hydrogens (tertiary/aromatic N) is 2. The van der Waals surface area contributed by atoms with Gasteiger partial charge in [-0.05, 0) is 61.8 Å². The van der Waals surface area contributed by atoms with Crippen molar-refractivity contribution >= 4 is 29.3 Å². The molecule has 12 nitrogen and oxygen atoms in total. The molecule has 1 fully saturated rings. The molecule has 0 radical (unpaired) electrons. The van der Waals surface area contributed by atoms with Gasteiger partial charge in [0.25, 0.3) is 0 Å². The highest BCUT2D eigenvalue weighted by Crippen LogP contribution is 2.29. The van der Waals surface area contributed by atoms with Crippen LogP contribution in [0.4, 0.5) is 5.69 Å². The molecule has 0 aromatic heterocycles. The number of nitrogens with two attached hydrogens (primary N) is 1. The third-order valence-corrected chi connectivity index (χ3v) is 10.4. The first-order chi connectivity index (χ1) is 23.6. The van der Waals surface area contributed by atoms with E-state index >= 15 is 0 Å². The Morgan fingerprint density at radius 2 is 1.58 bits per heavy atom. The van der Waals surface area contributed by atoms with Crippen LogP contribution in [0.5, 0.6) is 0 Å². The van der Waals surface area contributed by atoms with Gasteiger partial charge in [0.05, 0.1) is 42.7 Å². The molecular formula is C38H66N6O6. The summed E-state index contributed by atoms with van der Waals surface area (Å²) in [4.78, 5) is 58.1. The summed E-state index contributed by atoms with van der Waals surface area (Å²) in [5.41, 5.74) is 7.56. The number of ether oxygens (including phenoxy) is 2. The summed E-state index contributed by atoms with van der Waals surface area (Å²) in [7, 11) is 6.64. The molecule has 0 saturated carbocycles. The number of benzene rings is 1. The van der Waals surface area contributed by atoms with Gasteiger partial charge in [-0.15, -0.1) is 0 Å². The summed E-state index contributed by atoms with van der Waals surface area (Å²) in [5, 5.41) is 9.07. The van der Waals surface area contributed by atoms with E-state index in [2.05, 4.69) is 22.9 Å². The highest BCUT2D eigenvalue weighted by atomic mass is 16.5. The Balaban J connectivity index is 2.19. The molecule has 1 aromatic carbocycles. The van der Waals surface area contributed by atoms with Gasteiger partial charge in [0.2, 0.25) is 23.6 Å². The third-order valence-electron chi connectivity index (χ3n) is 10.4. The molecule has 1 aliphatic heterocycles. The fourth-order valence-corrected chi connectivity index (χ4v) is 7.22. The Kier molecular flexibility index (Phi) is 17.7. The Hall–Kier alpha value is -3.22. The minimum atomic E-state index is -0.744. The second-order valence-electron chi connectivity index (χ2n) is 14.6. The highest BCUT2D eigenvalue weighted by molar-refractivity contribution is 5.90. The molecule has 1 aromatic rings. The molecule has 1 heterocycles. The molecular weight excluding hydrogens is 636 g/mol. The van der Waals surface area contributed by atoms with Crippen molar-refractivity contribution in [3.8, 4) is 0 Å². The average molecular weight is 703 g/mol. The van der Waals surface area contributed by atoms with E-state index in [1.165, 1.54) is 0 Å². The number of hydrogen-bond acceptors (Lipinski definition) is 8. The predicted octanol–water partition coefficient (Wildman–Crippen LogP) is 3.23. The SMILES string of the molecule is CCC(C)C(C(CC(=O)N1CCCC1C(OC)C(C)C(=O)NCCc1ccc(N)cc1)OC)N(C)C(=O)[C@@H](NC(=O)C(NC)C(C)C)C(C)C. The first-order valence-electron chi connectivity index (χ1n) is 18.3. The minimum Gasteiger partial charge on any atom is -0.399 e. The molecule has 0 bridgehead atoms. The Morgan fingerprint density at radius 1 is 0.960 bits per heavy atom. The smallest absolute Gasteiger partial charge is 0.245 e. The molecule has 4 amide bonds. The maximum Gasteiger partial charge on any atom is 0.245 e. The lowest BCUT2D eigenvalue weighted by atomic mass is 9.89. The number of nitrogen functional groups attached to an aromatic ring is 1. The summed E-state index contributed by atoms with van der Waals surface area (Å²) in [6, 6.07) is 5.72. The van der Waals surface area contributed by atoms with Crippen molar-refractivity contribution < 1.29 is 28.7 Å². The van der Waals surface area contributed by atoms with Gasteiger partial charge in [-0.2, -0.15) is 0 Å². The number of hydrogen-bond donors (Lipinski definition) is 4. The van der Waals surface area contributed by atoms with Crippen LogP contribution >= 0.6 is 0 Å². The molecule has 50 heavy (non-hydrogen) atoms. The number of likely N-dealkylation sites (tertiary alicyclic amines) is 1. The summed E-state index contributed by atoms with van der Waals surface area (Å²) in [6.07, 6.45) is 1.93. The van der Waals surface area contributed by atoms with Crippen LogP contribution < -0.4 is 21.7 Å². The number of carbonyl (C=O) groups excluding carboxylic acids is 4. The van der Waals surface area contributed by atoms with Crippen LogP contribution in [0, 0.1) is 23.7 Å². The molecule has 0 spiro atoms. The lowest BCUT2D eigenvalue weighted by Crippen LogP contribution is -2.59. The molecule has 1 aliphatic rings. The number of likely N-dealkylation sites (N-methyl/N-ethyl adjacent to an activating group) is 2. The van der Waals surface area contributed by atoms with Crippen molar-refractivity contribution in [2.45, 2.75) is 117 Å². The molecule has 2 rings (SSSR count). The van der Waals surface area contributed by atoms with E-state index in [4.69, 9.17) is 15.2 Å². The van der Waals surface area contributed by atoms with E-state index < -0.39 is 36.3 Å². The van der Waals surface area contributed by atoms with Crippen LogP contribution in [0.3, 0.4) is 0 Å². The van der Waals surface area contributed by atoms with Gasteiger partial charge < -0.3 is 41.0 Å². The maximum atomic E-state index is 14.1. The van der Waals surface area contributed by atoms with E-state index in [0.29, 0.717) is 25.2 Å². The van der Waals surface area contributed by atoms with Gasteiger partial charge in [0, 0.05) is 40.0 Å². The number of rotatable bonds is 20.